The Morgan fingerprint density at radius 3 is 2.21 bits per heavy atom. The van der Waals surface area contributed by atoms with Crippen molar-refractivity contribution in [2.45, 2.75) is 58.3 Å². The van der Waals surface area contributed by atoms with Crippen LogP contribution < -0.4 is 4.90 Å². The van der Waals surface area contributed by atoms with Gasteiger partial charge in [-0.3, -0.25) is 0 Å². The maximum absolute atomic E-state index is 13.7. The number of halogens is 1. The predicted molar refractivity (Wildman–Crippen MR) is 116 cm³/mol. The van der Waals surface area contributed by atoms with Crippen LogP contribution in [0.25, 0.3) is 0 Å². The molecule has 3 rings (SSSR count). The fourth-order valence-electron chi connectivity index (χ4n) is 4.37. The third-order valence-electron chi connectivity index (χ3n) is 6.13. The van der Waals surface area contributed by atoms with E-state index in [1.807, 2.05) is 13.8 Å². The van der Waals surface area contributed by atoms with Crippen molar-refractivity contribution >= 4 is 16.8 Å². The molecule has 2 saturated heterocycles. The summed E-state index contributed by atoms with van der Waals surface area (Å²) in [7, 11) is 0. The maximum atomic E-state index is 13.7. The molecule has 1 aromatic rings. The molecule has 2 fully saturated rings. The lowest BCUT2D eigenvalue weighted by atomic mass is 9.86. The summed E-state index contributed by atoms with van der Waals surface area (Å²) in [6.07, 6.45) is 4.83. The molecule has 0 radical (unpaired) electrons. The van der Waals surface area contributed by atoms with E-state index in [9.17, 15) is 13.2 Å². The fourth-order valence-corrected chi connectivity index (χ4v) is 4.81. The number of hydrogen-bond donors (Lipinski definition) is 1. The van der Waals surface area contributed by atoms with Crippen molar-refractivity contribution in [2.24, 2.45) is 17.8 Å². The summed E-state index contributed by atoms with van der Waals surface area (Å²) in [5.74, 6) is 1.93. The van der Waals surface area contributed by atoms with Gasteiger partial charge in [0.1, 0.15) is 5.82 Å². The Labute approximate surface area is 172 Å². The molecule has 2 aliphatic heterocycles. The first kappa shape index (κ1) is 23.3. The number of rotatable bonds is 5. The van der Waals surface area contributed by atoms with Crippen LogP contribution in [0.2, 0.25) is 0 Å². The van der Waals surface area contributed by atoms with Gasteiger partial charge in [-0.1, -0.05) is 27.7 Å². The Hall–Kier alpha value is -0.980. The minimum atomic E-state index is -2.15. The van der Waals surface area contributed by atoms with Gasteiger partial charge in [0.25, 0.3) is 0 Å². The molecule has 0 aromatic heterocycles. The van der Waals surface area contributed by atoms with Gasteiger partial charge in [0.15, 0.2) is 11.1 Å². The van der Waals surface area contributed by atoms with Crippen molar-refractivity contribution in [3.63, 3.8) is 0 Å². The fraction of sp³-hybridized carbons (Fsp3) is 0.727. The highest BCUT2D eigenvalue weighted by Crippen LogP contribution is 2.29. The Balaban J connectivity index is 0.00000136. The molecule has 1 N–H and O–H groups in total. The van der Waals surface area contributed by atoms with Gasteiger partial charge in [-0.25, -0.2) is 8.60 Å². The summed E-state index contributed by atoms with van der Waals surface area (Å²) < 4.78 is 34.2. The molecule has 1 unspecified atom stereocenters. The second-order valence-electron chi connectivity index (χ2n) is 8.21. The zero-order valence-electron chi connectivity index (χ0n) is 17.9. The molecule has 4 nitrogen and oxygen atoms in total. The Bertz CT molecular complexity index is 625. The van der Waals surface area contributed by atoms with Crippen LogP contribution >= 0.6 is 0 Å². The molecule has 0 saturated carbocycles. The van der Waals surface area contributed by atoms with E-state index in [0.717, 1.165) is 49.5 Å². The molecule has 28 heavy (non-hydrogen) atoms. The van der Waals surface area contributed by atoms with Crippen molar-refractivity contribution in [1.29, 1.82) is 0 Å². The number of piperidine rings is 2. The van der Waals surface area contributed by atoms with E-state index in [4.69, 9.17) is 0 Å². The second-order valence-corrected chi connectivity index (χ2v) is 9.18. The molecule has 1 atom stereocenters. The Kier molecular flexibility index (Phi) is 9.38. The van der Waals surface area contributed by atoms with E-state index < -0.39 is 16.9 Å². The monoisotopic (exact) mass is 412 g/mol. The van der Waals surface area contributed by atoms with E-state index >= 15 is 0 Å². The number of hydrogen-bond acceptors (Lipinski definition) is 3. The van der Waals surface area contributed by atoms with Crippen LogP contribution in [0.3, 0.4) is 0 Å². The van der Waals surface area contributed by atoms with Crippen LogP contribution in [0.1, 0.15) is 53.4 Å². The van der Waals surface area contributed by atoms with Gasteiger partial charge in [-0.05, 0) is 74.7 Å². The number of likely N-dealkylation sites (tertiary alicyclic amines) is 1. The Morgan fingerprint density at radius 1 is 1.07 bits per heavy atom. The van der Waals surface area contributed by atoms with Gasteiger partial charge in [0.05, 0.1) is 4.90 Å². The smallest absolute Gasteiger partial charge is 0.186 e. The predicted octanol–water partition coefficient (Wildman–Crippen LogP) is 5.02. The summed E-state index contributed by atoms with van der Waals surface area (Å²) in [4.78, 5) is 4.89. The summed E-state index contributed by atoms with van der Waals surface area (Å²) in [5, 5.41) is 0. The molecular weight excluding hydrogens is 375 g/mol. The van der Waals surface area contributed by atoms with E-state index in [2.05, 4.69) is 23.6 Å². The third-order valence-corrected chi connectivity index (χ3v) is 6.77. The minimum absolute atomic E-state index is 0.134. The quantitative estimate of drug-likeness (QED) is 0.690. The molecular formula is C22H37FN2O2S. The topological polar surface area (TPSA) is 43.8 Å². The zero-order chi connectivity index (χ0) is 20.7. The standard InChI is InChI=1S/C20H31FN2O2S.C2H6/c1-15(2)17-5-7-22(8-6-17)14-16-3-9-23(10-4-16)19-11-18(21)12-20(13-19)26(24)25;1-2/h11-13,15-17H,3-10,14H2,1-2H3,(H,24,25);1-2H3. The molecule has 0 spiro atoms. The highest BCUT2D eigenvalue weighted by molar-refractivity contribution is 7.79. The number of nitrogens with zero attached hydrogens (tertiary/aromatic N) is 2. The van der Waals surface area contributed by atoms with Gasteiger partial charge >= 0.3 is 0 Å². The minimum Gasteiger partial charge on any atom is -0.371 e. The van der Waals surface area contributed by atoms with Crippen LogP contribution in [-0.2, 0) is 11.1 Å². The molecule has 0 bridgehead atoms. The number of anilines is 1. The second kappa shape index (κ2) is 11.3. The molecule has 160 valence electrons. The van der Waals surface area contributed by atoms with Crippen LogP contribution in [0.15, 0.2) is 23.1 Å². The maximum Gasteiger partial charge on any atom is 0.186 e. The molecule has 2 heterocycles. The molecule has 2 aliphatic rings. The van der Waals surface area contributed by atoms with Gasteiger partial charge in [-0.15, -0.1) is 0 Å². The lowest BCUT2D eigenvalue weighted by molar-refractivity contribution is 0.132. The Morgan fingerprint density at radius 2 is 1.68 bits per heavy atom. The third kappa shape index (κ3) is 6.53. The summed E-state index contributed by atoms with van der Waals surface area (Å²) in [6, 6.07) is 4.23. The van der Waals surface area contributed by atoms with Crippen molar-refractivity contribution in [3.05, 3.63) is 24.0 Å². The normalized spacial score (nSPS) is 20.8. The van der Waals surface area contributed by atoms with Crippen LogP contribution in [0.4, 0.5) is 10.1 Å². The number of benzene rings is 1. The summed E-state index contributed by atoms with van der Waals surface area (Å²) in [5.41, 5.74) is 0.721. The summed E-state index contributed by atoms with van der Waals surface area (Å²) >= 11 is -2.15. The van der Waals surface area contributed by atoms with Crippen molar-refractivity contribution in [2.75, 3.05) is 37.6 Å². The molecule has 1 aromatic carbocycles. The largest absolute Gasteiger partial charge is 0.371 e. The lowest BCUT2D eigenvalue weighted by Crippen LogP contribution is -2.42. The highest BCUT2D eigenvalue weighted by Gasteiger charge is 2.26. The van der Waals surface area contributed by atoms with E-state index in [1.54, 1.807) is 6.07 Å². The lowest BCUT2D eigenvalue weighted by Gasteiger charge is -2.39. The van der Waals surface area contributed by atoms with Gasteiger partial charge in [0.2, 0.25) is 0 Å². The average Bonchev–Trinajstić information content (AvgIpc) is 2.70. The van der Waals surface area contributed by atoms with Crippen LogP contribution in [0, 0.1) is 23.6 Å². The van der Waals surface area contributed by atoms with E-state index in [0.29, 0.717) is 5.92 Å². The first-order valence-electron chi connectivity index (χ1n) is 10.8. The van der Waals surface area contributed by atoms with Crippen molar-refractivity contribution < 1.29 is 13.2 Å². The zero-order valence-corrected chi connectivity index (χ0v) is 18.7. The molecule has 0 amide bonds. The van der Waals surface area contributed by atoms with Gasteiger partial charge < -0.3 is 14.4 Å². The average molecular weight is 413 g/mol. The highest BCUT2D eigenvalue weighted by atomic mass is 32.2. The molecule has 6 heteroatoms. The first-order chi connectivity index (χ1) is 13.4. The van der Waals surface area contributed by atoms with Crippen molar-refractivity contribution in [3.8, 4) is 0 Å². The van der Waals surface area contributed by atoms with E-state index in [1.165, 1.54) is 38.5 Å². The van der Waals surface area contributed by atoms with Crippen LogP contribution in [-0.4, -0.2) is 46.4 Å². The first-order valence-corrected chi connectivity index (χ1v) is 11.9. The SMILES string of the molecule is CC.CC(C)C1CCN(CC2CCN(c3cc(F)cc(S(=O)O)c3)CC2)CC1. The summed E-state index contributed by atoms with van der Waals surface area (Å²) in [6.45, 7) is 14.0. The van der Waals surface area contributed by atoms with Crippen molar-refractivity contribution in [1.82, 2.24) is 4.90 Å². The van der Waals surface area contributed by atoms with Crippen LogP contribution in [0.5, 0.6) is 0 Å². The van der Waals surface area contributed by atoms with Gasteiger partial charge in [0, 0.05) is 25.3 Å². The van der Waals surface area contributed by atoms with Gasteiger partial charge in [-0.2, -0.15) is 0 Å². The molecule has 0 aliphatic carbocycles. The van der Waals surface area contributed by atoms with E-state index in [-0.39, 0.29) is 4.90 Å².